The SMILES string of the molecule is COc1ccccc1-c1nnc2c3sccc3ncn12. The number of para-hydroxylation sites is 1. The average molecular weight is 282 g/mol. The number of ether oxygens (including phenoxy) is 1. The smallest absolute Gasteiger partial charge is 0.181 e. The number of thiophene rings is 1. The van der Waals surface area contributed by atoms with Crippen LogP contribution in [0.1, 0.15) is 0 Å². The van der Waals surface area contributed by atoms with Gasteiger partial charge in [0, 0.05) is 0 Å². The van der Waals surface area contributed by atoms with Crippen molar-refractivity contribution in [1.82, 2.24) is 19.6 Å². The van der Waals surface area contributed by atoms with Gasteiger partial charge in [0.25, 0.3) is 0 Å². The maximum absolute atomic E-state index is 5.39. The first-order valence-electron chi connectivity index (χ1n) is 6.09. The first-order valence-corrected chi connectivity index (χ1v) is 6.97. The Morgan fingerprint density at radius 3 is 2.95 bits per heavy atom. The molecule has 1 aromatic carbocycles. The van der Waals surface area contributed by atoms with E-state index in [1.54, 1.807) is 24.8 Å². The van der Waals surface area contributed by atoms with Crippen LogP contribution in [0, 0.1) is 0 Å². The van der Waals surface area contributed by atoms with E-state index in [1.165, 1.54) is 0 Å². The summed E-state index contributed by atoms with van der Waals surface area (Å²) in [6, 6.07) is 9.75. The number of hydrogen-bond donors (Lipinski definition) is 0. The monoisotopic (exact) mass is 282 g/mol. The van der Waals surface area contributed by atoms with Gasteiger partial charge in [0.2, 0.25) is 0 Å². The van der Waals surface area contributed by atoms with Crippen LogP contribution in [0.3, 0.4) is 0 Å². The van der Waals surface area contributed by atoms with Crippen LogP contribution in [0.2, 0.25) is 0 Å². The predicted octanol–water partition coefficient (Wildman–Crippen LogP) is 3.01. The molecular weight excluding hydrogens is 272 g/mol. The highest BCUT2D eigenvalue weighted by Gasteiger charge is 2.14. The summed E-state index contributed by atoms with van der Waals surface area (Å²) < 4.78 is 8.33. The second kappa shape index (κ2) is 4.28. The fraction of sp³-hybridized carbons (Fsp3) is 0.0714. The molecule has 20 heavy (non-hydrogen) atoms. The van der Waals surface area contributed by atoms with E-state index in [0.717, 1.165) is 33.0 Å². The van der Waals surface area contributed by atoms with Gasteiger partial charge in [-0.1, -0.05) is 12.1 Å². The highest BCUT2D eigenvalue weighted by molar-refractivity contribution is 7.17. The second-order valence-corrected chi connectivity index (χ2v) is 5.21. The molecule has 3 heterocycles. The Hall–Kier alpha value is -2.47. The lowest BCUT2D eigenvalue weighted by Gasteiger charge is -2.06. The quantitative estimate of drug-likeness (QED) is 0.567. The first kappa shape index (κ1) is 11.4. The molecule has 0 fully saturated rings. The van der Waals surface area contributed by atoms with Gasteiger partial charge in [0.05, 0.1) is 22.9 Å². The van der Waals surface area contributed by atoms with E-state index in [-0.39, 0.29) is 0 Å². The van der Waals surface area contributed by atoms with Gasteiger partial charge < -0.3 is 4.74 Å². The predicted molar refractivity (Wildman–Crippen MR) is 78.2 cm³/mol. The minimum absolute atomic E-state index is 0.736. The van der Waals surface area contributed by atoms with Crippen LogP contribution < -0.4 is 4.74 Å². The third kappa shape index (κ3) is 1.51. The van der Waals surface area contributed by atoms with Gasteiger partial charge in [0.1, 0.15) is 12.1 Å². The molecule has 4 rings (SSSR count). The molecule has 0 amide bonds. The molecule has 0 atom stereocenters. The van der Waals surface area contributed by atoms with Gasteiger partial charge in [-0.3, -0.25) is 4.40 Å². The molecule has 0 spiro atoms. The highest BCUT2D eigenvalue weighted by Crippen LogP contribution is 2.30. The normalized spacial score (nSPS) is 11.2. The number of rotatable bonds is 2. The number of methoxy groups -OCH3 is 1. The third-order valence-corrected chi connectivity index (χ3v) is 4.10. The van der Waals surface area contributed by atoms with Gasteiger partial charge in [-0.25, -0.2) is 4.98 Å². The minimum Gasteiger partial charge on any atom is -0.496 e. The molecule has 98 valence electrons. The summed E-state index contributed by atoms with van der Waals surface area (Å²) in [5.74, 6) is 1.51. The number of aromatic nitrogens is 4. The Morgan fingerprint density at radius 1 is 1.15 bits per heavy atom. The average Bonchev–Trinajstić information content (AvgIpc) is 3.12. The van der Waals surface area contributed by atoms with Gasteiger partial charge >= 0.3 is 0 Å². The Balaban J connectivity index is 2.05. The lowest BCUT2D eigenvalue weighted by molar-refractivity contribution is 0.416. The van der Waals surface area contributed by atoms with Crippen molar-refractivity contribution in [2.45, 2.75) is 0 Å². The van der Waals surface area contributed by atoms with Crippen LogP contribution in [0.5, 0.6) is 5.75 Å². The summed E-state index contributed by atoms with van der Waals surface area (Å²) in [5, 5.41) is 10.6. The summed E-state index contributed by atoms with van der Waals surface area (Å²) in [6.45, 7) is 0. The van der Waals surface area contributed by atoms with Crippen LogP contribution in [-0.4, -0.2) is 26.7 Å². The zero-order chi connectivity index (χ0) is 13.5. The summed E-state index contributed by atoms with van der Waals surface area (Å²) in [7, 11) is 1.65. The first-order chi connectivity index (χ1) is 9.88. The number of benzene rings is 1. The Labute approximate surface area is 118 Å². The van der Waals surface area contributed by atoms with Crippen molar-refractivity contribution in [1.29, 1.82) is 0 Å². The van der Waals surface area contributed by atoms with Gasteiger partial charge in [-0.15, -0.1) is 21.5 Å². The number of hydrogen-bond acceptors (Lipinski definition) is 5. The summed E-state index contributed by atoms with van der Waals surface area (Å²) >= 11 is 1.62. The largest absolute Gasteiger partial charge is 0.496 e. The lowest BCUT2D eigenvalue weighted by atomic mass is 10.2. The molecule has 0 aliphatic carbocycles. The van der Waals surface area contributed by atoms with Crippen molar-refractivity contribution >= 4 is 27.2 Å². The van der Waals surface area contributed by atoms with Crippen LogP contribution in [0.15, 0.2) is 42.0 Å². The van der Waals surface area contributed by atoms with Crippen molar-refractivity contribution in [3.63, 3.8) is 0 Å². The van der Waals surface area contributed by atoms with Gasteiger partial charge in [-0.05, 0) is 23.6 Å². The van der Waals surface area contributed by atoms with Gasteiger partial charge in [-0.2, -0.15) is 0 Å². The molecule has 0 bridgehead atoms. The molecule has 0 aliphatic heterocycles. The maximum Gasteiger partial charge on any atom is 0.181 e. The van der Waals surface area contributed by atoms with E-state index >= 15 is 0 Å². The Bertz CT molecular complexity index is 912. The molecule has 4 aromatic rings. The molecule has 3 aromatic heterocycles. The zero-order valence-electron chi connectivity index (χ0n) is 10.6. The van der Waals surface area contributed by atoms with E-state index < -0.39 is 0 Å². The summed E-state index contributed by atoms with van der Waals surface area (Å²) in [6.07, 6.45) is 1.76. The lowest BCUT2D eigenvalue weighted by Crippen LogP contribution is -1.94. The molecule has 5 nitrogen and oxygen atoms in total. The molecule has 0 aliphatic rings. The van der Waals surface area contributed by atoms with Crippen LogP contribution in [-0.2, 0) is 0 Å². The molecule has 0 saturated heterocycles. The fourth-order valence-corrected chi connectivity index (χ4v) is 3.08. The van der Waals surface area contributed by atoms with Crippen molar-refractivity contribution in [2.75, 3.05) is 7.11 Å². The minimum atomic E-state index is 0.736. The number of nitrogens with zero attached hydrogens (tertiary/aromatic N) is 4. The van der Waals surface area contributed by atoms with E-state index in [9.17, 15) is 0 Å². The second-order valence-electron chi connectivity index (χ2n) is 4.30. The van der Waals surface area contributed by atoms with Crippen LogP contribution in [0.4, 0.5) is 0 Å². The molecule has 0 saturated carbocycles. The van der Waals surface area contributed by atoms with E-state index in [0.29, 0.717) is 0 Å². The van der Waals surface area contributed by atoms with Gasteiger partial charge in [0.15, 0.2) is 11.5 Å². The molecule has 6 heteroatoms. The summed E-state index contributed by atoms with van der Waals surface area (Å²) in [4.78, 5) is 4.44. The van der Waals surface area contributed by atoms with Crippen LogP contribution in [0.25, 0.3) is 27.3 Å². The van der Waals surface area contributed by atoms with Crippen LogP contribution >= 0.6 is 11.3 Å². The Kier molecular flexibility index (Phi) is 2.43. The zero-order valence-corrected chi connectivity index (χ0v) is 11.5. The summed E-state index contributed by atoms with van der Waals surface area (Å²) in [5.41, 5.74) is 2.67. The number of fused-ring (bicyclic) bond motifs is 3. The third-order valence-electron chi connectivity index (χ3n) is 3.20. The Morgan fingerprint density at radius 2 is 2.05 bits per heavy atom. The van der Waals surface area contributed by atoms with Crippen molar-refractivity contribution in [3.8, 4) is 17.1 Å². The standard InChI is InChI=1S/C14H10N4OS/c1-19-11-5-3-2-4-9(11)13-16-17-14-12-10(6-7-20-12)15-8-18(13)14/h2-8H,1H3. The fourth-order valence-electron chi connectivity index (χ4n) is 2.26. The van der Waals surface area contributed by atoms with Crippen molar-refractivity contribution < 1.29 is 4.74 Å². The highest BCUT2D eigenvalue weighted by atomic mass is 32.1. The maximum atomic E-state index is 5.39. The topological polar surface area (TPSA) is 52.3 Å². The van der Waals surface area contributed by atoms with E-state index in [1.807, 2.05) is 40.1 Å². The molecule has 0 N–H and O–H groups in total. The molecule has 0 unspecified atom stereocenters. The van der Waals surface area contributed by atoms with E-state index in [2.05, 4.69) is 15.2 Å². The molecule has 0 radical (unpaired) electrons. The van der Waals surface area contributed by atoms with Crippen molar-refractivity contribution in [3.05, 3.63) is 42.0 Å². The molecular formula is C14H10N4OS. The van der Waals surface area contributed by atoms with Crippen molar-refractivity contribution in [2.24, 2.45) is 0 Å². The van der Waals surface area contributed by atoms with E-state index in [4.69, 9.17) is 4.74 Å².